The van der Waals surface area contributed by atoms with Crippen molar-refractivity contribution in [2.24, 2.45) is 0 Å². The van der Waals surface area contributed by atoms with Crippen molar-refractivity contribution >= 4 is 11.6 Å². The largest absolute Gasteiger partial charge is 0.472 e. The first-order valence-corrected chi connectivity index (χ1v) is 6.83. The summed E-state index contributed by atoms with van der Waals surface area (Å²) in [6.07, 6.45) is 2.92. The number of halogens is 2. The van der Waals surface area contributed by atoms with Crippen LogP contribution < -0.4 is 4.74 Å². The molecule has 2 rings (SSSR count). The number of likely N-dealkylation sites (tertiary alicyclic amines) is 1. The van der Waals surface area contributed by atoms with Crippen LogP contribution in [0.3, 0.4) is 0 Å². The van der Waals surface area contributed by atoms with Gasteiger partial charge in [-0.2, -0.15) is 9.37 Å². The van der Waals surface area contributed by atoms with E-state index in [1.165, 1.54) is 6.33 Å². The molecule has 1 fully saturated rings. The molecular weight excluding hydrogens is 269 g/mol. The minimum atomic E-state index is -0.678. The Hall–Kier alpha value is -0.940. The zero-order chi connectivity index (χ0) is 14.0. The first-order valence-electron chi connectivity index (χ1n) is 6.45. The minimum absolute atomic E-state index is 0.0148. The van der Waals surface area contributed by atoms with Gasteiger partial charge < -0.3 is 4.74 Å². The number of hydrogen-bond acceptors (Lipinski definition) is 4. The van der Waals surface area contributed by atoms with E-state index in [0.717, 1.165) is 25.9 Å². The fourth-order valence-electron chi connectivity index (χ4n) is 2.22. The molecule has 4 nitrogen and oxygen atoms in total. The lowest BCUT2D eigenvalue weighted by atomic mass is 9.99. The molecule has 6 heteroatoms. The Morgan fingerprint density at radius 3 is 2.53 bits per heavy atom. The molecule has 0 amide bonds. The van der Waals surface area contributed by atoms with Crippen molar-refractivity contribution in [3.63, 3.8) is 0 Å². The van der Waals surface area contributed by atoms with Crippen molar-refractivity contribution < 1.29 is 9.13 Å². The summed E-state index contributed by atoms with van der Waals surface area (Å²) < 4.78 is 19.2. The third-order valence-corrected chi connectivity index (χ3v) is 3.65. The highest BCUT2D eigenvalue weighted by Gasteiger charge is 2.28. The van der Waals surface area contributed by atoms with E-state index in [0.29, 0.717) is 0 Å². The number of aromatic nitrogens is 2. The summed E-state index contributed by atoms with van der Waals surface area (Å²) in [5, 5.41) is -0.197. The lowest BCUT2D eigenvalue weighted by molar-refractivity contribution is 0.0452. The van der Waals surface area contributed by atoms with E-state index in [9.17, 15) is 4.39 Å². The quantitative estimate of drug-likeness (QED) is 0.784. The number of ether oxygens (including phenoxy) is 1. The monoisotopic (exact) mass is 287 g/mol. The number of hydrogen-bond donors (Lipinski definition) is 0. The molecule has 0 unspecified atom stereocenters. The summed E-state index contributed by atoms with van der Waals surface area (Å²) >= 11 is 5.60. The Bertz CT molecular complexity index is 442. The summed E-state index contributed by atoms with van der Waals surface area (Å²) in [7, 11) is 0. The smallest absolute Gasteiger partial charge is 0.255 e. The number of nitrogens with zero attached hydrogens (tertiary/aromatic N) is 3. The average Bonchev–Trinajstić information content (AvgIpc) is 2.35. The summed E-state index contributed by atoms with van der Waals surface area (Å²) in [4.78, 5) is 9.76. The normalized spacial score (nSPS) is 18.6. The van der Waals surface area contributed by atoms with Crippen LogP contribution in [0.25, 0.3) is 0 Å². The molecule has 0 aromatic carbocycles. The van der Waals surface area contributed by atoms with Gasteiger partial charge in [-0.3, -0.25) is 4.90 Å². The summed E-state index contributed by atoms with van der Waals surface area (Å²) in [6, 6.07) is 0. The standard InChI is InChI=1S/C13H19ClFN3O/c1-13(2,3)18-6-4-9(5-7-18)19-12-10(15)11(14)16-8-17-12/h8-9H,4-7H2,1-3H3. The second kappa shape index (κ2) is 5.59. The van der Waals surface area contributed by atoms with Crippen LogP contribution in [0.4, 0.5) is 4.39 Å². The second-order valence-corrected chi connectivity index (χ2v) is 6.12. The molecule has 0 spiro atoms. The van der Waals surface area contributed by atoms with Crippen molar-refractivity contribution in [2.75, 3.05) is 13.1 Å². The highest BCUT2D eigenvalue weighted by atomic mass is 35.5. The summed E-state index contributed by atoms with van der Waals surface area (Å²) in [5.41, 5.74) is 0.161. The maximum absolute atomic E-state index is 13.6. The Morgan fingerprint density at radius 1 is 1.32 bits per heavy atom. The Kier molecular flexibility index (Phi) is 4.26. The van der Waals surface area contributed by atoms with Crippen LogP contribution in [0.2, 0.25) is 5.15 Å². The lowest BCUT2D eigenvalue weighted by Gasteiger charge is -2.40. The molecule has 1 aliphatic heterocycles. The van der Waals surface area contributed by atoms with Gasteiger partial charge >= 0.3 is 0 Å². The molecule has 1 saturated heterocycles. The predicted molar refractivity (Wildman–Crippen MR) is 72.0 cm³/mol. The van der Waals surface area contributed by atoms with Crippen molar-refractivity contribution in [1.82, 2.24) is 14.9 Å². The first-order chi connectivity index (χ1) is 8.88. The topological polar surface area (TPSA) is 38.2 Å². The van der Waals surface area contributed by atoms with Crippen LogP contribution in [0.5, 0.6) is 5.88 Å². The number of rotatable bonds is 2. The fourth-order valence-corrected chi connectivity index (χ4v) is 2.34. The van der Waals surface area contributed by atoms with Gasteiger partial charge in [0.1, 0.15) is 12.4 Å². The van der Waals surface area contributed by atoms with Crippen LogP contribution in [0, 0.1) is 5.82 Å². The molecule has 1 aromatic rings. The molecule has 19 heavy (non-hydrogen) atoms. The van der Waals surface area contributed by atoms with Gasteiger partial charge in [-0.05, 0) is 33.6 Å². The van der Waals surface area contributed by atoms with Gasteiger partial charge in [-0.1, -0.05) is 11.6 Å². The highest BCUT2D eigenvalue weighted by molar-refractivity contribution is 6.29. The molecule has 0 aliphatic carbocycles. The third-order valence-electron chi connectivity index (χ3n) is 3.38. The molecule has 2 heterocycles. The maximum atomic E-state index is 13.6. The van der Waals surface area contributed by atoms with Crippen molar-refractivity contribution in [3.05, 3.63) is 17.3 Å². The minimum Gasteiger partial charge on any atom is -0.472 e. The van der Waals surface area contributed by atoms with E-state index in [1.807, 2.05) is 0 Å². The van der Waals surface area contributed by atoms with Crippen LogP contribution >= 0.6 is 11.6 Å². The summed E-state index contributed by atoms with van der Waals surface area (Å²) in [6.45, 7) is 8.46. The second-order valence-electron chi connectivity index (χ2n) is 5.76. The van der Waals surface area contributed by atoms with Crippen LogP contribution in [0.15, 0.2) is 6.33 Å². The molecule has 0 bridgehead atoms. The van der Waals surface area contributed by atoms with Crippen molar-refractivity contribution in [1.29, 1.82) is 0 Å². The van der Waals surface area contributed by atoms with E-state index < -0.39 is 5.82 Å². The Labute approximate surface area is 117 Å². The van der Waals surface area contributed by atoms with E-state index in [4.69, 9.17) is 16.3 Å². The molecule has 1 aliphatic rings. The van der Waals surface area contributed by atoms with E-state index in [2.05, 4.69) is 35.6 Å². The zero-order valence-electron chi connectivity index (χ0n) is 11.5. The molecular formula is C13H19ClFN3O. The lowest BCUT2D eigenvalue weighted by Crippen LogP contribution is -2.48. The molecule has 1 aromatic heterocycles. The van der Waals surface area contributed by atoms with Crippen LogP contribution in [-0.4, -0.2) is 39.6 Å². The molecule has 0 N–H and O–H groups in total. The van der Waals surface area contributed by atoms with Gasteiger partial charge in [0.15, 0.2) is 5.15 Å². The fraction of sp³-hybridized carbons (Fsp3) is 0.692. The van der Waals surface area contributed by atoms with Gasteiger partial charge in [-0.15, -0.1) is 0 Å². The predicted octanol–water partition coefficient (Wildman–Crippen LogP) is 2.91. The summed E-state index contributed by atoms with van der Waals surface area (Å²) in [5.74, 6) is -0.725. The van der Waals surface area contributed by atoms with Gasteiger partial charge in [0.05, 0.1) is 0 Å². The Balaban J connectivity index is 1.94. The van der Waals surface area contributed by atoms with Crippen molar-refractivity contribution in [3.8, 4) is 5.88 Å². The molecule has 0 saturated carbocycles. The van der Waals surface area contributed by atoms with Crippen LogP contribution in [0.1, 0.15) is 33.6 Å². The highest BCUT2D eigenvalue weighted by Crippen LogP contribution is 2.25. The SMILES string of the molecule is CC(C)(C)N1CCC(Oc2ncnc(Cl)c2F)CC1. The van der Waals surface area contributed by atoms with Gasteiger partial charge in [0.2, 0.25) is 5.82 Å². The zero-order valence-corrected chi connectivity index (χ0v) is 12.2. The van der Waals surface area contributed by atoms with E-state index in [1.54, 1.807) is 0 Å². The van der Waals surface area contributed by atoms with Crippen LogP contribution in [-0.2, 0) is 0 Å². The number of piperidine rings is 1. The molecule has 106 valence electrons. The van der Waals surface area contributed by atoms with Gasteiger partial charge in [0, 0.05) is 18.6 Å². The maximum Gasteiger partial charge on any atom is 0.255 e. The van der Waals surface area contributed by atoms with Gasteiger partial charge in [-0.25, -0.2) is 4.98 Å². The molecule has 0 radical (unpaired) electrons. The van der Waals surface area contributed by atoms with E-state index >= 15 is 0 Å². The Morgan fingerprint density at radius 2 is 1.95 bits per heavy atom. The molecule has 0 atom stereocenters. The van der Waals surface area contributed by atoms with Crippen molar-refractivity contribution in [2.45, 2.75) is 45.3 Å². The van der Waals surface area contributed by atoms with E-state index in [-0.39, 0.29) is 22.7 Å². The average molecular weight is 288 g/mol. The third kappa shape index (κ3) is 3.54. The first kappa shape index (κ1) is 14.5. The van der Waals surface area contributed by atoms with Gasteiger partial charge in [0.25, 0.3) is 5.88 Å².